The van der Waals surface area contributed by atoms with E-state index in [1.165, 1.54) is 0 Å². The number of hydrogen-bond acceptors (Lipinski definition) is 3. The van der Waals surface area contributed by atoms with Crippen LogP contribution >= 0.6 is 0 Å². The number of carboxylic acids is 1. The molecule has 5 nitrogen and oxygen atoms in total. The molecule has 1 amide bonds. The molecular formula is C15H20N2O3. The second-order valence-electron chi connectivity index (χ2n) is 5.22. The molecular weight excluding hydrogens is 256 g/mol. The van der Waals surface area contributed by atoms with E-state index in [1.54, 1.807) is 6.20 Å². The molecule has 1 aromatic heterocycles. The molecule has 108 valence electrons. The minimum atomic E-state index is -0.806. The molecule has 0 radical (unpaired) electrons. The molecule has 0 spiro atoms. The van der Waals surface area contributed by atoms with Gasteiger partial charge in [-0.15, -0.1) is 0 Å². The van der Waals surface area contributed by atoms with E-state index >= 15 is 0 Å². The highest BCUT2D eigenvalue weighted by atomic mass is 16.4. The monoisotopic (exact) mass is 276 g/mol. The standard InChI is InChI=1S/C15H20N2O3/c18-14(9-8-11-5-3-4-10-16-11)17-13-7-2-1-6-12(13)15(19)20/h3-5,10,12-13H,1-2,6-9H2,(H,17,18)(H,19,20). The molecule has 0 aliphatic heterocycles. The maximum Gasteiger partial charge on any atom is 0.308 e. The van der Waals surface area contributed by atoms with Crippen molar-refractivity contribution >= 4 is 11.9 Å². The summed E-state index contributed by atoms with van der Waals surface area (Å²) >= 11 is 0. The fourth-order valence-electron chi connectivity index (χ4n) is 2.67. The number of pyridine rings is 1. The predicted molar refractivity (Wildman–Crippen MR) is 74.1 cm³/mol. The Balaban J connectivity index is 1.82. The Morgan fingerprint density at radius 2 is 2.10 bits per heavy atom. The number of aliphatic carboxylic acids is 1. The van der Waals surface area contributed by atoms with Gasteiger partial charge in [0.2, 0.25) is 5.91 Å². The Labute approximate surface area is 118 Å². The molecule has 20 heavy (non-hydrogen) atoms. The zero-order chi connectivity index (χ0) is 14.4. The van der Waals surface area contributed by atoms with Crippen LogP contribution in [-0.2, 0) is 16.0 Å². The van der Waals surface area contributed by atoms with Crippen molar-refractivity contribution in [2.24, 2.45) is 5.92 Å². The molecule has 2 rings (SSSR count). The van der Waals surface area contributed by atoms with E-state index in [9.17, 15) is 9.59 Å². The molecule has 5 heteroatoms. The van der Waals surface area contributed by atoms with E-state index < -0.39 is 11.9 Å². The lowest BCUT2D eigenvalue weighted by Gasteiger charge is -2.29. The van der Waals surface area contributed by atoms with Gasteiger partial charge in [-0.05, 0) is 31.4 Å². The van der Waals surface area contributed by atoms with Gasteiger partial charge in [0.05, 0.1) is 5.92 Å². The third kappa shape index (κ3) is 4.05. The number of carboxylic acid groups (broad SMARTS) is 1. The van der Waals surface area contributed by atoms with Gasteiger partial charge in [-0.2, -0.15) is 0 Å². The van der Waals surface area contributed by atoms with Gasteiger partial charge in [-0.1, -0.05) is 18.9 Å². The zero-order valence-corrected chi connectivity index (χ0v) is 11.4. The number of amides is 1. The lowest BCUT2D eigenvalue weighted by molar-refractivity contribution is -0.144. The van der Waals surface area contributed by atoms with Crippen LogP contribution in [0.15, 0.2) is 24.4 Å². The maximum absolute atomic E-state index is 11.9. The van der Waals surface area contributed by atoms with Gasteiger partial charge in [-0.3, -0.25) is 14.6 Å². The molecule has 0 saturated heterocycles. The maximum atomic E-state index is 11.9. The SMILES string of the molecule is O=C(CCc1ccccn1)NC1CCCCC1C(=O)O. The van der Waals surface area contributed by atoms with Crippen molar-refractivity contribution in [3.05, 3.63) is 30.1 Å². The van der Waals surface area contributed by atoms with Crippen LogP contribution in [0, 0.1) is 5.92 Å². The summed E-state index contributed by atoms with van der Waals surface area (Å²) in [5.41, 5.74) is 0.876. The molecule has 0 bridgehead atoms. The first kappa shape index (κ1) is 14.5. The number of carbonyl (C=O) groups excluding carboxylic acids is 1. The van der Waals surface area contributed by atoms with Crippen molar-refractivity contribution in [2.75, 3.05) is 0 Å². The number of rotatable bonds is 5. The van der Waals surface area contributed by atoms with Crippen LogP contribution in [0.4, 0.5) is 0 Å². The smallest absolute Gasteiger partial charge is 0.308 e. The fraction of sp³-hybridized carbons (Fsp3) is 0.533. The van der Waals surface area contributed by atoms with Gasteiger partial charge in [0.1, 0.15) is 0 Å². The van der Waals surface area contributed by atoms with Gasteiger partial charge in [-0.25, -0.2) is 0 Å². The van der Waals surface area contributed by atoms with E-state index in [2.05, 4.69) is 10.3 Å². The number of aromatic nitrogens is 1. The summed E-state index contributed by atoms with van der Waals surface area (Å²) < 4.78 is 0. The second kappa shape index (κ2) is 7.03. The van der Waals surface area contributed by atoms with E-state index in [-0.39, 0.29) is 11.9 Å². The summed E-state index contributed by atoms with van der Waals surface area (Å²) in [6.45, 7) is 0. The van der Waals surface area contributed by atoms with E-state index in [4.69, 9.17) is 5.11 Å². The largest absolute Gasteiger partial charge is 0.481 e. The van der Waals surface area contributed by atoms with E-state index in [0.29, 0.717) is 19.3 Å². The minimum Gasteiger partial charge on any atom is -0.481 e. The summed E-state index contributed by atoms with van der Waals surface area (Å²) in [4.78, 5) is 27.3. The van der Waals surface area contributed by atoms with E-state index in [1.807, 2.05) is 18.2 Å². The van der Waals surface area contributed by atoms with Crippen LogP contribution in [-0.4, -0.2) is 28.0 Å². The highest BCUT2D eigenvalue weighted by Gasteiger charge is 2.31. The summed E-state index contributed by atoms with van der Waals surface area (Å²) in [5, 5.41) is 12.0. The topological polar surface area (TPSA) is 79.3 Å². The Hall–Kier alpha value is -1.91. The lowest BCUT2D eigenvalue weighted by atomic mass is 9.84. The zero-order valence-electron chi connectivity index (χ0n) is 11.4. The normalized spacial score (nSPS) is 22.2. The first-order valence-corrected chi connectivity index (χ1v) is 7.09. The van der Waals surface area contributed by atoms with Crippen molar-refractivity contribution in [1.29, 1.82) is 0 Å². The summed E-state index contributed by atoms with van der Waals surface area (Å²) in [5.74, 6) is -1.34. The van der Waals surface area contributed by atoms with Crippen molar-refractivity contribution in [2.45, 2.75) is 44.6 Å². The quantitative estimate of drug-likeness (QED) is 0.859. The average molecular weight is 276 g/mol. The van der Waals surface area contributed by atoms with Crippen molar-refractivity contribution in [3.63, 3.8) is 0 Å². The Morgan fingerprint density at radius 1 is 1.30 bits per heavy atom. The van der Waals surface area contributed by atoms with Crippen LogP contribution < -0.4 is 5.32 Å². The highest BCUT2D eigenvalue weighted by molar-refractivity contribution is 5.78. The van der Waals surface area contributed by atoms with Crippen LogP contribution in [0.3, 0.4) is 0 Å². The van der Waals surface area contributed by atoms with E-state index in [0.717, 1.165) is 25.0 Å². The van der Waals surface area contributed by atoms with Crippen LogP contribution in [0.2, 0.25) is 0 Å². The molecule has 2 N–H and O–H groups in total. The summed E-state index contributed by atoms with van der Waals surface area (Å²) in [7, 11) is 0. The Bertz CT molecular complexity index is 461. The van der Waals surface area contributed by atoms with Crippen LogP contribution in [0.1, 0.15) is 37.8 Å². The van der Waals surface area contributed by atoms with Gasteiger partial charge < -0.3 is 10.4 Å². The molecule has 1 fully saturated rings. The molecule has 0 aromatic carbocycles. The average Bonchev–Trinajstić information content (AvgIpc) is 2.46. The molecule has 1 heterocycles. The molecule has 2 unspecified atom stereocenters. The predicted octanol–water partition coefficient (Wildman–Crippen LogP) is 1.77. The third-order valence-electron chi connectivity index (χ3n) is 3.76. The molecule has 1 aliphatic carbocycles. The second-order valence-corrected chi connectivity index (χ2v) is 5.22. The van der Waals surface area contributed by atoms with Gasteiger partial charge in [0.25, 0.3) is 0 Å². The Morgan fingerprint density at radius 3 is 2.80 bits per heavy atom. The first-order valence-electron chi connectivity index (χ1n) is 7.09. The number of hydrogen-bond donors (Lipinski definition) is 2. The van der Waals surface area contributed by atoms with Crippen LogP contribution in [0.5, 0.6) is 0 Å². The Kier molecular flexibility index (Phi) is 5.09. The summed E-state index contributed by atoms with van der Waals surface area (Å²) in [6, 6.07) is 5.39. The van der Waals surface area contributed by atoms with Crippen molar-refractivity contribution in [1.82, 2.24) is 10.3 Å². The number of nitrogens with zero attached hydrogens (tertiary/aromatic N) is 1. The van der Waals surface area contributed by atoms with Gasteiger partial charge in [0, 0.05) is 24.4 Å². The minimum absolute atomic E-state index is 0.0891. The fourth-order valence-corrected chi connectivity index (χ4v) is 2.67. The van der Waals surface area contributed by atoms with Crippen molar-refractivity contribution < 1.29 is 14.7 Å². The molecule has 1 saturated carbocycles. The number of aryl methyl sites for hydroxylation is 1. The highest BCUT2D eigenvalue weighted by Crippen LogP contribution is 2.24. The summed E-state index contributed by atoms with van der Waals surface area (Å²) in [6.07, 6.45) is 5.95. The molecule has 2 atom stereocenters. The number of carbonyl (C=O) groups is 2. The van der Waals surface area contributed by atoms with Gasteiger partial charge in [0.15, 0.2) is 0 Å². The third-order valence-corrected chi connectivity index (χ3v) is 3.76. The number of nitrogens with one attached hydrogen (secondary N) is 1. The molecule has 1 aliphatic rings. The van der Waals surface area contributed by atoms with Crippen molar-refractivity contribution in [3.8, 4) is 0 Å². The van der Waals surface area contributed by atoms with Crippen LogP contribution in [0.25, 0.3) is 0 Å². The lowest BCUT2D eigenvalue weighted by Crippen LogP contribution is -2.45. The van der Waals surface area contributed by atoms with Gasteiger partial charge >= 0.3 is 5.97 Å². The first-order chi connectivity index (χ1) is 9.66. The molecule has 1 aromatic rings.